The van der Waals surface area contributed by atoms with Crippen molar-refractivity contribution in [2.45, 2.75) is 59.4 Å². The molecule has 1 aromatic rings. The number of hydrogen-bond acceptors (Lipinski definition) is 4. The van der Waals surface area contributed by atoms with Crippen LogP contribution in [0.25, 0.3) is 0 Å². The van der Waals surface area contributed by atoms with Gasteiger partial charge in [-0.3, -0.25) is 0 Å². The van der Waals surface area contributed by atoms with E-state index in [1.807, 2.05) is 0 Å². The van der Waals surface area contributed by atoms with Crippen LogP contribution in [-0.2, 0) is 0 Å². The number of aromatic nitrogens is 2. The molecule has 4 nitrogen and oxygen atoms in total. The lowest BCUT2D eigenvalue weighted by Crippen LogP contribution is -2.34. The van der Waals surface area contributed by atoms with Gasteiger partial charge in [-0.25, -0.2) is 9.97 Å². The van der Waals surface area contributed by atoms with Crippen molar-refractivity contribution in [1.29, 1.82) is 0 Å². The Morgan fingerprint density at radius 1 is 1.25 bits per heavy atom. The lowest BCUT2D eigenvalue weighted by atomic mass is 10.0. The van der Waals surface area contributed by atoms with Gasteiger partial charge in [-0.05, 0) is 39.5 Å². The Morgan fingerprint density at radius 2 is 1.90 bits per heavy atom. The van der Waals surface area contributed by atoms with E-state index >= 15 is 0 Å². The Hall–Kier alpha value is -1.32. The van der Waals surface area contributed by atoms with E-state index in [1.54, 1.807) is 0 Å². The zero-order valence-electron chi connectivity index (χ0n) is 13.7. The molecule has 2 rings (SSSR count). The van der Waals surface area contributed by atoms with Gasteiger partial charge in [-0.2, -0.15) is 0 Å². The second-order valence-corrected chi connectivity index (χ2v) is 6.28. The SMILES string of the molecule is CCNc1nc(C2CC2)nc(N(C)C(C)C(C)C)c1C. The third-order valence-corrected chi connectivity index (χ3v) is 4.33. The molecule has 1 fully saturated rings. The summed E-state index contributed by atoms with van der Waals surface area (Å²) in [5, 5.41) is 3.38. The van der Waals surface area contributed by atoms with Crippen molar-refractivity contribution < 1.29 is 0 Å². The van der Waals surface area contributed by atoms with Gasteiger partial charge in [0.05, 0.1) is 0 Å². The fraction of sp³-hybridized carbons (Fsp3) is 0.750. The molecule has 0 saturated heterocycles. The summed E-state index contributed by atoms with van der Waals surface area (Å²) in [6.07, 6.45) is 2.47. The Morgan fingerprint density at radius 3 is 2.40 bits per heavy atom. The third-order valence-electron chi connectivity index (χ3n) is 4.33. The number of anilines is 2. The minimum atomic E-state index is 0.463. The minimum absolute atomic E-state index is 0.463. The van der Waals surface area contributed by atoms with Gasteiger partial charge in [-0.1, -0.05) is 13.8 Å². The van der Waals surface area contributed by atoms with Gasteiger partial charge >= 0.3 is 0 Å². The fourth-order valence-corrected chi connectivity index (χ4v) is 2.37. The predicted octanol–water partition coefficient (Wildman–Crippen LogP) is 3.57. The molecule has 0 aromatic carbocycles. The van der Waals surface area contributed by atoms with Gasteiger partial charge in [0.25, 0.3) is 0 Å². The predicted molar refractivity (Wildman–Crippen MR) is 85.6 cm³/mol. The monoisotopic (exact) mass is 276 g/mol. The molecule has 1 N–H and O–H groups in total. The highest BCUT2D eigenvalue weighted by Gasteiger charge is 2.29. The number of rotatable bonds is 6. The molecule has 1 heterocycles. The largest absolute Gasteiger partial charge is 0.370 e. The molecule has 0 spiro atoms. The first-order valence-electron chi connectivity index (χ1n) is 7.80. The minimum Gasteiger partial charge on any atom is -0.370 e. The van der Waals surface area contributed by atoms with Gasteiger partial charge in [0.15, 0.2) is 0 Å². The first-order valence-corrected chi connectivity index (χ1v) is 7.80. The average molecular weight is 276 g/mol. The van der Waals surface area contributed by atoms with Crippen LogP contribution < -0.4 is 10.2 Å². The van der Waals surface area contributed by atoms with Crippen LogP contribution in [0.3, 0.4) is 0 Å². The summed E-state index contributed by atoms with van der Waals surface area (Å²) in [5.41, 5.74) is 1.16. The molecule has 1 aliphatic carbocycles. The van der Waals surface area contributed by atoms with Gasteiger partial charge in [0.1, 0.15) is 17.5 Å². The second kappa shape index (κ2) is 5.98. The number of hydrogen-bond donors (Lipinski definition) is 1. The van der Waals surface area contributed by atoms with Crippen LogP contribution in [0, 0.1) is 12.8 Å². The van der Waals surface area contributed by atoms with E-state index in [0.717, 1.165) is 29.6 Å². The summed E-state index contributed by atoms with van der Waals surface area (Å²) in [7, 11) is 2.15. The van der Waals surface area contributed by atoms with Crippen LogP contribution in [0.15, 0.2) is 0 Å². The number of nitrogens with one attached hydrogen (secondary N) is 1. The van der Waals surface area contributed by atoms with Crippen LogP contribution in [0.5, 0.6) is 0 Å². The molecule has 0 amide bonds. The van der Waals surface area contributed by atoms with Crippen LogP contribution in [0.2, 0.25) is 0 Å². The molecule has 20 heavy (non-hydrogen) atoms. The van der Waals surface area contributed by atoms with Crippen molar-refractivity contribution in [1.82, 2.24) is 9.97 Å². The maximum atomic E-state index is 4.86. The van der Waals surface area contributed by atoms with Gasteiger partial charge in [0.2, 0.25) is 0 Å². The smallest absolute Gasteiger partial charge is 0.137 e. The van der Waals surface area contributed by atoms with E-state index in [2.05, 4.69) is 51.9 Å². The molecule has 0 aliphatic heterocycles. The van der Waals surface area contributed by atoms with Gasteiger partial charge in [0, 0.05) is 31.1 Å². The zero-order valence-corrected chi connectivity index (χ0v) is 13.7. The maximum absolute atomic E-state index is 4.86. The highest BCUT2D eigenvalue weighted by atomic mass is 15.2. The molecule has 1 unspecified atom stereocenters. The zero-order chi connectivity index (χ0) is 14.9. The van der Waals surface area contributed by atoms with E-state index in [4.69, 9.17) is 9.97 Å². The summed E-state index contributed by atoms with van der Waals surface area (Å²) in [5.74, 6) is 4.28. The Balaban J connectivity index is 2.39. The average Bonchev–Trinajstić information content (AvgIpc) is 3.24. The molecular weight excluding hydrogens is 248 g/mol. The van der Waals surface area contributed by atoms with Crippen molar-refractivity contribution >= 4 is 11.6 Å². The molecule has 0 radical (unpaired) electrons. The van der Waals surface area contributed by atoms with E-state index in [0.29, 0.717) is 17.9 Å². The Bertz CT molecular complexity index is 466. The first-order chi connectivity index (χ1) is 9.45. The van der Waals surface area contributed by atoms with Crippen LogP contribution in [-0.4, -0.2) is 29.6 Å². The summed E-state index contributed by atoms with van der Waals surface area (Å²) in [4.78, 5) is 11.9. The van der Waals surface area contributed by atoms with Crippen LogP contribution in [0.4, 0.5) is 11.6 Å². The normalized spacial score (nSPS) is 16.4. The van der Waals surface area contributed by atoms with Crippen molar-refractivity contribution in [3.05, 3.63) is 11.4 Å². The lowest BCUT2D eigenvalue weighted by Gasteiger charge is -2.31. The van der Waals surface area contributed by atoms with Gasteiger partial charge in [-0.15, -0.1) is 0 Å². The highest BCUT2D eigenvalue weighted by molar-refractivity contribution is 5.59. The van der Waals surface area contributed by atoms with Crippen molar-refractivity contribution in [3.8, 4) is 0 Å². The van der Waals surface area contributed by atoms with Crippen molar-refractivity contribution in [2.75, 3.05) is 23.8 Å². The van der Waals surface area contributed by atoms with Crippen LogP contribution >= 0.6 is 0 Å². The fourth-order valence-electron chi connectivity index (χ4n) is 2.37. The quantitative estimate of drug-likeness (QED) is 0.862. The summed E-state index contributed by atoms with van der Waals surface area (Å²) < 4.78 is 0. The molecule has 4 heteroatoms. The molecule has 1 saturated carbocycles. The topological polar surface area (TPSA) is 41.1 Å². The van der Waals surface area contributed by atoms with Crippen LogP contribution in [0.1, 0.15) is 57.8 Å². The first kappa shape index (κ1) is 15.1. The Kier molecular flexibility index (Phi) is 4.51. The second-order valence-electron chi connectivity index (χ2n) is 6.28. The molecular formula is C16H28N4. The van der Waals surface area contributed by atoms with E-state index < -0.39 is 0 Å². The number of nitrogens with zero attached hydrogens (tertiary/aromatic N) is 3. The molecule has 1 aromatic heterocycles. The lowest BCUT2D eigenvalue weighted by molar-refractivity contribution is 0.501. The maximum Gasteiger partial charge on any atom is 0.137 e. The van der Waals surface area contributed by atoms with E-state index in [-0.39, 0.29) is 0 Å². The molecule has 112 valence electrons. The Labute approximate surface area is 123 Å². The van der Waals surface area contributed by atoms with E-state index in [9.17, 15) is 0 Å². The highest BCUT2D eigenvalue weighted by Crippen LogP contribution is 2.40. The summed E-state index contributed by atoms with van der Waals surface area (Å²) >= 11 is 0. The molecule has 1 aliphatic rings. The summed E-state index contributed by atoms with van der Waals surface area (Å²) in [6.45, 7) is 11.9. The molecule has 1 atom stereocenters. The third kappa shape index (κ3) is 3.05. The van der Waals surface area contributed by atoms with Crippen molar-refractivity contribution in [3.63, 3.8) is 0 Å². The van der Waals surface area contributed by atoms with E-state index in [1.165, 1.54) is 12.8 Å². The standard InChI is InChI=1S/C16H28N4/c1-7-17-14-11(4)16(20(6)12(5)10(2)3)19-15(18-14)13-8-9-13/h10,12-13H,7-9H2,1-6H3,(H,17,18,19). The molecule has 0 bridgehead atoms. The van der Waals surface area contributed by atoms with Crippen molar-refractivity contribution in [2.24, 2.45) is 5.92 Å². The summed E-state index contributed by atoms with van der Waals surface area (Å²) in [6, 6.07) is 0.463. The van der Waals surface area contributed by atoms with Gasteiger partial charge < -0.3 is 10.2 Å².